The SMILES string of the molecule is COc1cc(-c2cnc3[nH]cc(-c4ccc(C(=O)N(C)CCN(C)C)cc4)c3c2)cc(OC)c1N1CCN(C2CCN(C)CC2)CC1. The molecule has 4 aromatic rings. The molecule has 2 aliphatic rings. The van der Waals surface area contributed by atoms with Crippen molar-refractivity contribution in [2.75, 3.05) is 99.7 Å². The van der Waals surface area contributed by atoms with Crippen molar-refractivity contribution < 1.29 is 14.3 Å². The molecule has 0 saturated carbocycles. The number of nitrogens with zero attached hydrogens (tertiary/aromatic N) is 6. The van der Waals surface area contributed by atoms with Gasteiger partial charge in [0, 0.05) is 86.8 Å². The fourth-order valence-corrected chi connectivity index (χ4v) is 6.91. The number of likely N-dealkylation sites (tertiary alicyclic amines) is 1. The lowest BCUT2D eigenvalue weighted by molar-refractivity contribution is 0.0786. The molecule has 0 bridgehead atoms. The molecule has 6 rings (SSSR count). The smallest absolute Gasteiger partial charge is 0.253 e. The molecule has 2 fully saturated rings. The number of rotatable bonds is 10. The molecule has 47 heavy (non-hydrogen) atoms. The Hall–Kier alpha value is -4.12. The summed E-state index contributed by atoms with van der Waals surface area (Å²) in [5.74, 6) is 1.63. The van der Waals surface area contributed by atoms with Crippen LogP contribution in [0, 0.1) is 0 Å². The third-order valence-corrected chi connectivity index (χ3v) is 9.85. The molecule has 0 spiro atoms. The summed E-state index contributed by atoms with van der Waals surface area (Å²) in [5.41, 5.74) is 6.51. The number of ether oxygens (including phenoxy) is 2. The molecule has 0 radical (unpaired) electrons. The highest BCUT2D eigenvalue weighted by molar-refractivity contribution is 5.98. The summed E-state index contributed by atoms with van der Waals surface area (Å²) >= 11 is 0. The minimum absolute atomic E-state index is 0.0201. The predicted octanol–water partition coefficient (Wildman–Crippen LogP) is 4.76. The number of nitrogens with one attached hydrogen (secondary N) is 1. The lowest BCUT2D eigenvalue weighted by Crippen LogP contribution is -2.53. The molecule has 250 valence electrons. The van der Waals surface area contributed by atoms with Crippen LogP contribution in [0.2, 0.25) is 0 Å². The first kappa shape index (κ1) is 32.8. The number of likely N-dealkylation sites (N-methyl/N-ethyl adjacent to an activating group) is 2. The Bertz CT molecular complexity index is 1640. The third kappa shape index (κ3) is 7.10. The predicted molar refractivity (Wildman–Crippen MR) is 190 cm³/mol. The first-order valence-electron chi connectivity index (χ1n) is 16.7. The fourth-order valence-electron chi connectivity index (χ4n) is 6.91. The Labute approximate surface area is 278 Å². The molecule has 2 saturated heterocycles. The molecule has 1 N–H and O–H groups in total. The molecule has 2 aromatic carbocycles. The van der Waals surface area contributed by atoms with E-state index in [1.807, 2.05) is 57.8 Å². The molecule has 4 heterocycles. The van der Waals surface area contributed by atoms with Gasteiger partial charge in [0.25, 0.3) is 5.91 Å². The average molecular weight is 640 g/mol. The van der Waals surface area contributed by atoms with E-state index < -0.39 is 0 Å². The van der Waals surface area contributed by atoms with E-state index in [1.165, 1.54) is 25.9 Å². The minimum Gasteiger partial charge on any atom is -0.494 e. The third-order valence-electron chi connectivity index (χ3n) is 9.85. The van der Waals surface area contributed by atoms with Gasteiger partial charge in [0.15, 0.2) is 0 Å². The highest BCUT2D eigenvalue weighted by atomic mass is 16.5. The summed E-state index contributed by atoms with van der Waals surface area (Å²) in [6.45, 7) is 7.83. The van der Waals surface area contributed by atoms with E-state index in [2.05, 4.69) is 49.8 Å². The number of carbonyl (C=O) groups excluding carboxylic acids is 1. The molecular formula is C37H49N7O3. The van der Waals surface area contributed by atoms with Crippen molar-refractivity contribution in [3.63, 3.8) is 0 Å². The number of hydrogen-bond acceptors (Lipinski definition) is 8. The molecule has 10 heteroatoms. The zero-order chi connectivity index (χ0) is 33.1. The molecule has 2 aromatic heterocycles. The Morgan fingerprint density at radius 2 is 1.53 bits per heavy atom. The Kier molecular flexibility index (Phi) is 10.0. The second kappa shape index (κ2) is 14.3. The number of carbonyl (C=O) groups is 1. The summed E-state index contributed by atoms with van der Waals surface area (Å²) in [6.07, 6.45) is 6.37. The monoisotopic (exact) mass is 639 g/mol. The van der Waals surface area contributed by atoms with Crippen LogP contribution >= 0.6 is 0 Å². The van der Waals surface area contributed by atoms with Gasteiger partial charge >= 0.3 is 0 Å². The molecule has 0 unspecified atom stereocenters. The maximum atomic E-state index is 13.0. The summed E-state index contributed by atoms with van der Waals surface area (Å²) < 4.78 is 12.0. The van der Waals surface area contributed by atoms with E-state index in [9.17, 15) is 4.79 Å². The van der Waals surface area contributed by atoms with Crippen LogP contribution in [-0.4, -0.2) is 136 Å². The summed E-state index contributed by atoms with van der Waals surface area (Å²) in [5, 5.41) is 1.01. The van der Waals surface area contributed by atoms with Gasteiger partial charge in [0.1, 0.15) is 22.8 Å². The minimum atomic E-state index is 0.0201. The highest BCUT2D eigenvalue weighted by Gasteiger charge is 2.29. The van der Waals surface area contributed by atoms with Crippen molar-refractivity contribution >= 4 is 22.6 Å². The lowest BCUT2D eigenvalue weighted by atomic mass is 10.00. The number of anilines is 1. The number of aromatic amines is 1. The number of amides is 1. The number of hydrogen-bond donors (Lipinski definition) is 1. The Morgan fingerprint density at radius 3 is 2.15 bits per heavy atom. The van der Waals surface area contributed by atoms with E-state index in [4.69, 9.17) is 14.5 Å². The molecule has 0 aliphatic carbocycles. The molecule has 2 aliphatic heterocycles. The van der Waals surface area contributed by atoms with Crippen LogP contribution in [0.4, 0.5) is 5.69 Å². The number of benzene rings is 2. The highest BCUT2D eigenvalue weighted by Crippen LogP contribution is 2.43. The largest absolute Gasteiger partial charge is 0.494 e. The number of H-pyrrole nitrogens is 1. The maximum absolute atomic E-state index is 13.0. The van der Waals surface area contributed by atoms with Gasteiger partial charge in [0.05, 0.1) is 14.2 Å². The van der Waals surface area contributed by atoms with Gasteiger partial charge in [-0.2, -0.15) is 0 Å². The van der Waals surface area contributed by atoms with Gasteiger partial charge in [-0.3, -0.25) is 9.69 Å². The molecule has 10 nitrogen and oxygen atoms in total. The van der Waals surface area contributed by atoms with Crippen molar-refractivity contribution in [1.29, 1.82) is 0 Å². The van der Waals surface area contributed by atoms with Crippen LogP contribution in [0.15, 0.2) is 54.9 Å². The van der Waals surface area contributed by atoms with Crippen LogP contribution in [0.3, 0.4) is 0 Å². The summed E-state index contributed by atoms with van der Waals surface area (Å²) in [4.78, 5) is 32.4. The number of piperidine rings is 1. The van der Waals surface area contributed by atoms with Crippen molar-refractivity contribution in [3.05, 3.63) is 60.4 Å². The number of piperazine rings is 1. The number of aromatic nitrogens is 2. The van der Waals surface area contributed by atoms with Crippen LogP contribution < -0.4 is 14.4 Å². The van der Waals surface area contributed by atoms with Gasteiger partial charge in [0.2, 0.25) is 0 Å². The molecular weight excluding hydrogens is 590 g/mol. The van der Waals surface area contributed by atoms with E-state index in [0.717, 1.165) is 83.2 Å². The summed E-state index contributed by atoms with van der Waals surface area (Å²) in [7, 11) is 11.6. The normalized spacial score (nSPS) is 16.6. The van der Waals surface area contributed by atoms with Crippen LogP contribution in [0.25, 0.3) is 33.3 Å². The van der Waals surface area contributed by atoms with Gasteiger partial charge in [-0.1, -0.05) is 12.1 Å². The van der Waals surface area contributed by atoms with Crippen LogP contribution in [0.5, 0.6) is 11.5 Å². The Balaban J connectivity index is 1.22. The standard InChI is InChI=1S/C37H49N7O3/c1-40(2)15-16-42(4)37(45)27-9-7-26(8-10-27)32-25-39-36-31(32)21-29(24-38-36)28-22-33(46-5)35(34(23-28)47-6)44-19-17-43(18-20-44)30-11-13-41(3)14-12-30/h7-10,21-25,30H,11-20H2,1-6H3,(H,38,39). The van der Waals surface area contributed by atoms with Gasteiger partial charge in [-0.05, 0) is 88.5 Å². The number of methoxy groups -OCH3 is 2. The maximum Gasteiger partial charge on any atom is 0.253 e. The average Bonchev–Trinajstić information content (AvgIpc) is 3.53. The van der Waals surface area contributed by atoms with Gasteiger partial charge < -0.3 is 34.1 Å². The quantitative estimate of drug-likeness (QED) is 0.266. The molecule has 1 amide bonds. The number of fused-ring (bicyclic) bond motifs is 1. The molecule has 0 atom stereocenters. The van der Waals surface area contributed by atoms with E-state index in [-0.39, 0.29) is 5.91 Å². The second-order valence-electron chi connectivity index (χ2n) is 13.2. The fraction of sp³-hybridized carbons (Fsp3) is 0.459. The Morgan fingerprint density at radius 1 is 0.872 bits per heavy atom. The topological polar surface area (TPSA) is 80.4 Å². The zero-order valence-electron chi connectivity index (χ0n) is 28.8. The van der Waals surface area contributed by atoms with Crippen LogP contribution in [0.1, 0.15) is 23.2 Å². The van der Waals surface area contributed by atoms with Gasteiger partial charge in [-0.25, -0.2) is 4.98 Å². The summed E-state index contributed by atoms with van der Waals surface area (Å²) in [6, 6.07) is 14.9. The van der Waals surface area contributed by atoms with E-state index in [1.54, 1.807) is 19.1 Å². The van der Waals surface area contributed by atoms with Gasteiger partial charge in [-0.15, -0.1) is 0 Å². The number of pyridine rings is 1. The van der Waals surface area contributed by atoms with E-state index in [0.29, 0.717) is 18.2 Å². The zero-order valence-corrected chi connectivity index (χ0v) is 28.8. The lowest BCUT2D eigenvalue weighted by Gasteiger charge is -2.43. The van der Waals surface area contributed by atoms with Crippen molar-refractivity contribution in [1.82, 2.24) is 29.6 Å². The van der Waals surface area contributed by atoms with E-state index >= 15 is 0 Å². The first-order chi connectivity index (χ1) is 22.7. The second-order valence-corrected chi connectivity index (χ2v) is 13.2. The van der Waals surface area contributed by atoms with Crippen molar-refractivity contribution in [2.45, 2.75) is 18.9 Å². The first-order valence-corrected chi connectivity index (χ1v) is 16.7. The van der Waals surface area contributed by atoms with Crippen molar-refractivity contribution in [2.24, 2.45) is 0 Å². The van der Waals surface area contributed by atoms with Crippen LogP contribution in [-0.2, 0) is 0 Å². The van der Waals surface area contributed by atoms with Crippen molar-refractivity contribution in [3.8, 4) is 33.8 Å².